The van der Waals surface area contributed by atoms with Crippen molar-refractivity contribution in [1.82, 2.24) is 15.1 Å². The van der Waals surface area contributed by atoms with Crippen LogP contribution in [-0.4, -0.2) is 39.9 Å². The first-order valence-electron chi connectivity index (χ1n) is 8.83. The standard InChI is InChI=1S/C19H24N4O3/c1-13-7-9-23(10-8-13)15-5-3-14(4-6-15)11-20-18(24)17-16(19(25)26)12-22(2)21-17/h3-6,12-13H,7-11H2,1-2H3,(H,20,24)(H,25,26). The van der Waals surface area contributed by atoms with Gasteiger partial charge in [-0.25, -0.2) is 4.79 Å². The summed E-state index contributed by atoms with van der Waals surface area (Å²) in [5.74, 6) is -0.858. The quantitative estimate of drug-likeness (QED) is 0.858. The second kappa shape index (κ2) is 7.59. The third-order valence-corrected chi connectivity index (χ3v) is 4.81. The second-order valence-corrected chi connectivity index (χ2v) is 6.89. The molecule has 1 aromatic carbocycles. The Morgan fingerprint density at radius 3 is 2.50 bits per heavy atom. The lowest BCUT2D eigenvalue weighted by molar-refractivity contribution is 0.0691. The van der Waals surface area contributed by atoms with Gasteiger partial charge in [-0.2, -0.15) is 5.10 Å². The van der Waals surface area contributed by atoms with Crippen molar-refractivity contribution in [3.8, 4) is 0 Å². The van der Waals surface area contributed by atoms with Crippen LogP contribution in [0.4, 0.5) is 5.69 Å². The van der Waals surface area contributed by atoms with E-state index in [9.17, 15) is 9.59 Å². The van der Waals surface area contributed by atoms with E-state index in [0.29, 0.717) is 6.54 Å². The third kappa shape index (κ3) is 4.04. The van der Waals surface area contributed by atoms with Crippen LogP contribution in [0.3, 0.4) is 0 Å². The minimum Gasteiger partial charge on any atom is -0.478 e. The summed E-state index contributed by atoms with van der Waals surface area (Å²) < 4.78 is 1.33. The van der Waals surface area contributed by atoms with Crippen LogP contribution in [0, 0.1) is 5.92 Å². The van der Waals surface area contributed by atoms with Gasteiger partial charge in [0, 0.05) is 38.6 Å². The molecule has 1 fully saturated rings. The zero-order valence-electron chi connectivity index (χ0n) is 15.1. The Morgan fingerprint density at radius 1 is 1.23 bits per heavy atom. The van der Waals surface area contributed by atoms with Gasteiger partial charge in [0.25, 0.3) is 5.91 Å². The zero-order chi connectivity index (χ0) is 18.7. The first-order valence-corrected chi connectivity index (χ1v) is 8.83. The Kier molecular flexibility index (Phi) is 5.25. The molecule has 0 spiro atoms. The van der Waals surface area contributed by atoms with E-state index in [0.717, 1.165) is 24.6 Å². The van der Waals surface area contributed by atoms with E-state index in [4.69, 9.17) is 5.11 Å². The highest BCUT2D eigenvalue weighted by atomic mass is 16.4. The van der Waals surface area contributed by atoms with Crippen LogP contribution in [0.25, 0.3) is 0 Å². The number of aryl methyl sites for hydroxylation is 1. The molecule has 0 aliphatic carbocycles. The largest absolute Gasteiger partial charge is 0.478 e. The average Bonchev–Trinajstić information content (AvgIpc) is 3.03. The molecule has 7 heteroatoms. The third-order valence-electron chi connectivity index (χ3n) is 4.81. The minimum atomic E-state index is -1.16. The number of hydrogen-bond donors (Lipinski definition) is 2. The number of carboxylic acids is 1. The molecule has 1 aromatic heterocycles. The summed E-state index contributed by atoms with van der Waals surface area (Å²) in [6.45, 7) is 4.77. The lowest BCUT2D eigenvalue weighted by Crippen LogP contribution is -2.32. The first-order chi connectivity index (χ1) is 12.4. The normalized spacial score (nSPS) is 15.1. The number of aromatic carboxylic acids is 1. The van der Waals surface area contributed by atoms with Crippen molar-refractivity contribution < 1.29 is 14.7 Å². The molecule has 0 unspecified atom stereocenters. The molecular weight excluding hydrogens is 332 g/mol. The molecule has 3 rings (SSSR count). The maximum absolute atomic E-state index is 12.2. The van der Waals surface area contributed by atoms with Crippen molar-refractivity contribution in [2.24, 2.45) is 13.0 Å². The van der Waals surface area contributed by atoms with E-state index < -0.39 is 11.9 Å². The Balaban J connectivity index is 1.60. The van der Waals surface area contributed by atoms with Gasteiger partial charge < -0.3 is 15.3 Å². The lowest BCUT2D eigenvalue weighted by Gasteiger charge is -2.32. The van der Waals surface area contributed by atoms with Crippen LogP contribution < -0.4 is 10.2 Å². The fraction of sp³-hybridized carbons (Fsp3) is 0.421. The van der Waals surface area contributed by atoms with E-state index >= 15 is 0 Å². The number of carboxylic acid groups (broad SMARTS) is 1. The number of carbonyl (C=O) groups excluding carboxylic acids is 1. The molecule has 1 amide bonds. The summed E-state index contributed by atoms with van der Waals surface area (Å²) in [5, 5.41) is 15.8. The van der Waals surface area contributed by atoms with E-state index in [2.05, 4.69) is 34.4 Å². The molecule has 1 saturated heterocycles. The number of anilines is 1. The second-order valence-electron chi connectivity index (χ2n) is 6.89. The van der Waals surface area contributed by atoms with Gasteiger partial charge >= 0.3 is 5.97 Å². The van der Waals surface area contributed by atoms with Gasteiger partial charge in [0.2, 0.25) is 0 Å². The van der Waals surface area contributed by atoms with Crippen LogP contribution in [0.5, 0.6) is 0 Å². The topological polar surface area (TPSA) is 87.5 Å². The molecular formula is C19H24N4O3. The van der Waals surface area contributed by atoms with E-state index in [1.165, 1.54) is 29.4 Å². The van der Waals surface area contributed by atoms with Gasteiger partial charge in [-0.1, -0.05) is 19.1 Å². The highest BCUT2D eigenvalue weighted by Gasteiger charge is 2.21. The Labute approximate surface area is 152 Å². The fourth-order valence-corrected chi connectivity index (χ4v) is 3.17. The number of carbonyl (C=O) groups is 2. The van der Waals surface area contributed by atoms with E-state index in [1.54, 1.807) is 7.05 Å². The van der Waals surface area contributed by atoms with Crippen LogP contribution in [-0.2, 0) is 13.6 Å². The fourth-order valence-electron chi connectivity index (χ4n) is 3.17. The summed E-state index contributed by atoms with van der Waals surface area (Å²) in [5.41, 5.74) is 1.99. The summed E-state index contributed by atoms with van der Waals surface area (Å²) in [4.78, 5) is 25.8. The van der Waals surface area contributed by atoms with Gasteiger partial charge in [-0.15, -0.1) is 0 Å². The molecule has 0 atom stereocenters. The smallest absolute Gasteiger partial charge is 0.339 e. The summed E-state index contributed by atoms with van der Waals surface area (Å²) in [6, 6.07) is 8.12. The van der Waals surface area contributed by atoms with Gasteiger partial charge in [-0.05, 0) is 36.5 Å². The summed E-state index contributed by atoms with van der Waals surface area (Å²) in [7, 11) is 1.59. The first kappa shape index (κ1) is 18.0. The Bertz CT molecular complexity index is 790. The molecule has 2 aromatic rings. The van der Waals surface area contributed by atoms with Gasteiger partial charge in [-0.3, -0.25) is 9.48 Å². The lowest BCUT2D eigenvalue weighted by atomic mass is 9.99. The summed E-state index contributed by atoms with van der Waals surface area (Å²) >= 11 is 0. The number of hydrogen-bond acceptors (Lipinski definition) is 4. The molecule has 138 valence electrons. The van der Waals surface area contributed by atoms with E-state index in [-0.39, 0.29) is 11.3 Å². The van der Waals surface area contributed by atoms with Crippen LogP contribution in [0.15, 0.2) is 30.5 Å². The molecule has 26 heavy (non-hydrogen) atoms. The molecule has 2 heterocycles. The van der Waals surface area contributed by atoms with Crippen molar-refractivity contribution in [3.63, 3.8) is 0 Å². The highest BCUT2D eigenvalue weighted by Crippen LogP contribution is 2.23. The van der Waals surface area contributed by atoms with E-state index in [1.807, 2.05) is 12.1 Å². The van der Waals surface area contributed by atoms with Crippen LogP contribution >= 0.6 is 0 Å². The average molecular weight is 356 g/mol. The number of amides is 1. The van der Waals surface area contributed by atoms with Crippen molar-refractivity contribution >= 4 is 17.6 Å². The number of aromatic nitrogens is 2. The maximum atomic E-state index is 12.2. The number of benzene rings is 1. The molecule has 0 bridgehead atoms. The number of piperidine rings is 1. The predicted molar refractivity (Wildman–Crippen MR) is 98.4 cm³/mol. The molecule has 7 nitrogen and oxygen atoms in total. The predicted octanol–water partition coefficient (Wildman–Crippen LogP) is 2.28. The highest BCUT2D eigenvalue weighted by molar-refractivity contribution is 6.03. The van der Waals surface area contributed by atoms with Gasteiger partial charge in [0.15, 0.2) is 5.69 Å². The molecule has 2 N–H and O–H groups in total. The zero-order valence-corrected chi connectivity index (χ0v) is 15.1. The Morgan fingerprint density at radius 2 is 1.88 bits per heavy atom. The molecule has 1 aliphatic rings. The van der Waals surface area contributed by atoms with Crippen LogP contribution in [0.2, 0.25) is 0 Å². The number of nitrogens with one attached hydrogen (secondary N) is 1. The summed E-state index contributed by atoms with van der Waals surface area (Å²) in [6.07, 6.45) is 3.76. The monoisotopic (exact) mass is 356 g/mol. The van der Waals surface area contributed by atoms with Gasteiger partial charge in [0.1, 0.15) is 5.56 Å². The van der Waals surface area contributed by atoms with Crippen molar-refractivity contribution in [2.75, 3.05) is 18.0 Å². The molecule has 0 radical (unpaired) electrons. The maximum Gasteiger partial charge on any atom is 0.339 e. The molecule has 0 saturated carbocycles. The van der Waals surface area contributed by atoms with Crippen molar-refractivity contribution in [2.45, 2.75) is 26.3 Å². The molecule has 1 aliphatic heterocycles. The van der Waals surface area contributed by atoms with Crippen molar-refractivity contribution in [3.05, 3.63) is 47.3 Å². The van der Waals surface area contributed by atoms with Gasteiger partial charge in [0.05, 0.1) is 0 Å². The number of rotatable bonds is 5. The van der Waals surface area contributed by atoms with Crippen LogP contribution in [0.1, 0.15) is 46.2 Å². The SMILES string of the molecule is CC1CCN(c2ccc(CNC(=O)c3nn(C)cc3C(=O)O)cc2)CC1. The Hall–Kier alpha value is -2.83. The minimum absolute atomic E-state index is 0.0703. The number of nitrogens with zero attached hydrogens (tertiary/aromatic N) is 3. The van der Waals surface area contributed by atoms with Crippen molar-refractivity contribution in [1.29, 1.82) is 0 Å².